The summed E-state index contributed by atoms with van der Waals surface area (Å²) in [4.78, 5) is 41.3. The first-order valence-corrected chi connectivity index (χ1v) is 7.64. The van der Waals surface area contributed by atoms with Crippen molar-refractivity contribution >= 4 is 56.6 Å². The lowest BCUT2D eigenvalue weighted by atomic mass is 10.3. The van der Waals surface area contributed by atoms with E-state index in [4.69, 9.17) is 22.1 Å². The minimum absolute atomic E-state index is 0.0127. The molecule has 0 aliphatic carbocycles. The number of non-ortho nitro benzene ring substituents is 1. The average molecular weight is 431 g/mol. The van der Waals surface area contributed by atoms with E-state index in [1.54, 1.807) is 0 Å². The molecule has 1 aromatic carbocycles. The number of carbonyl (C=O) groups excluding carboxylic acids is 2. The predicted molar refractivity (Wildman–Crippen MR) is 91.2 cm³/mol. The van der Waals surface area contributed by atoms with Gasteiger partial charge >= 0.3 is 5.97 Å². The molecule has 0 unspecified atom stereocenters. The molecule has 0 fully saturated rings. The summed E-state index contributed by atoms with van der Waals surface area (Å²) in [5, 5.41) is 13.1. The third-order valence-electron chi connectivity index (χ3n) is 2.73. The molecule has 0 bridgehead atoms. The van der Waals surface area contributed by atoms with Gasteiger partial charge in [-0.05, 0) is 22.0 Å². The molecule has 0 aliphatic rings. The van der Waals surface area contributed by atoms with Gasteiger partial charge in [0.2, 0.25) is 0 Å². The molecule has 1 aromatic heterocycles. The Morgan fingerprint density at radius 2 is 2.16 bits per heavy atom. The number of anilines is 2. The van der Waals surface area contributed by atoms with Crippen molar-refractivity contribution in [3.8, 4) is 0 Å². The van der Waals surface area contributed by atoms with Crippen molar-refractivity contribution in [2.75, 3.05) is 17.7 Å². The van der Waals surface area contributed by atoms with Crippen LogP contribution in [-0.4, -0.2) is 33.4 Å². The van der Waals surface area contributed by atoms with E-state index in [1.165, 1.54) is 18.3 Å². The molecule has 12 heteroatoms. The van der Waals surface area contributed by atoms with Gasteiger partial charge in [0.05, 0.1) is 21.8 Å². The number of aromatic nitrogens is 2. The molecule has 1 heterocycles. The molecule has 0 aliphatic heterocycles. The number of carbonyl (C=O) groups is 2. The lowest BCUT2D eigenvalue weighted by molar-refractivity contribution is -0.384. The van der Waals surface area contributed by atoms with Crippen LogP contribution in [0.2, 0.25) is 5.02 Å². The molecule has 0 saturated carbocycles. The maximum atomic E-state index is 11.9. The second kappa shape index (κ2) is 7.85. The maximum Gasteiger partial charge on any atom is 0.361 e. The number of ether oxygens (including phenoxy) is 1. The van der Waals surface area contributed by atoms with Crippen molar-refractivity contribution < 1.29 is 19.2 Å². The predicted octanol–water partition coefficient (Wildman–Crippen LogP) is 2.18. The molecule has 0 saturated heterocycles. The average Bonchev–Trinajstić information content (AvgIpc) is 2.56. The molecule has 2 rings (SSSR count). The number of amides is 1. The van der Waals surface area contributed by atoms with Crippen LogP contribution in [0.5, 0.6) is 0 Å². The molecule has 0 radical (unpaired) electrons. The number of nitrogens with zero attached hydrogens (tertiary/aromatic N) is 3. The number of nitrogen functional groups attached to an aromatic ring is 1. The van der Waals surface area contributed by atoms with Crippen LogP contribution in [0.3, 0.4) is 0 Å². The first-order valence-electron chi connectivity index (χ1n) is 6.47. The lowest BCUT2D eigenvalue weighted by Crippen LogP contribution is -2.22. The van der Waals surface area contributed by atoms with Gasteiger partial charge in [0.15, 0.2) is 18.1 Å². The van der Waals surface area contributed by atoms with Crippen LogP contribution < -0.4 is 11.1 Å². The standard InChI is InChI=1S/C13H9BrClN5O5/c14-9-4-17-12(16)11(19-9)13(22)25-5-10(21)18-8-3-6(20(23)24)1-2-7(8)15/h1-4H,5H2,(H2,16,17)(H,18,21). The van der Waals surface area contributed by atoms with Gasteiger partial charge in [-0.3, -0.25) is 14.9 Å². The van der Waals surface area contributed by atoms with E-state index < -0.39 is 23.4 Å². The third kappa shape index (κ3) is 4.84. The summed E-state index contributed by atoms with van der Waals surface area (Å²) in [7, 11) is 0. The van der Waals surface area contributed by atoms with Crippen LogP contribution in [0, 0.1) is 10.1 Å². The number of esters is 1. The summed E-state index contributed by atoms with van der Waals surface area (Å²) < 4.78 is 5.05. The van der Waals surface area contributed by atoms with Crippen molar-refractivity contribution in [1.82, 2.24) is 9.97 Å². The zero-order chi connectivity index (χ0) is 18.6. The normalized spacial score (nSPS) is 10.2. The highest BCUT2D eigenvalue weighted by Crippen LogP contribution is 2.26. The first-order chi connectivity index (χ1) is 11.8. The Labute approximate surface area is 153 Å². The van der Waals surface area contributed by atoms with Crippen molar-refractivity contribution in [3.05, 3.63) is 49.8 Å². The molecule has 0 spiro atoms. The van der Waals surface area contributed by atoms with Crippen LogP contribution in [0.15, 0.2) is 29.0 Å². The van der Waals surface area contributed by atoms with Crippen molar-refractivity contribution in [1.29, 1.82) is 0 Å². The smallest absolute Gasteiger partial charge is 0.361 e. The van der Waals surface area contributed by atoms with E-state index in [-0.39, 0.29) is 32.5 Å². The van der Waals surface area contributed by atoms with E-state index in [1.807, 2.05) is 0 Å². The Hall–Kier alpha value is -2.79. The van der Waals surface area contributed by atoms with E-state index in [2.05, 4.69) is 31.2 Å². The summed E-state index contributed by atoms with van der Waals surface area (Å²) in [5.74, 6) is -1.86. The van der Waals surface area contributed by atoms with E-state index in [0.717, 1.165) is 6.07 Å². The highest BCUT2D eigenvalue weighted by atomic mass is 79.9. The second-order valence-corrected chi connectivity index (χ2v) is 5.69. The highest BCUT2D eigenvalue weighted by Gasteiger charge is 2.18. The Balaban J connectivity index is 2.01. The molecular formula is C13H9BrClN5O5. The first kappa shape index (κ1) is 18.5. The number of hydrogen-bond donors (Lipinski definition) is 2. The summed E-state index contributed by atoms with van der Waals surface area (Å²) in [6, 6.07) is 3.53. The zero-order valence-corrected chi connectivity index (χ0v) is 14.6. The minimum atomic E-state index is -0.952. The topological polar surface area (TPSA) is 150 Å². The second-order valence-electron chi connectivity index (χ2n) is 4.47. The number of rotatable bonds is 5. The Kier molecular flexibility index (Phi) is 5.83. The monoisotopic (exact) mass is 429 g/mol. The number of nitro benzene ring substituents is 1. The van der Waals surface area contributed by atoms with Gasteiger partial charge < -0.3 is 15.8 Å². The number of hydrogen-bond acceptors (Lipinski definition) is 8. The molecule has 130 valence electrons. The van der Waals surface area contributed by atoms with Crippen LogP contribution in [0.25, 0.3) is 0 Å². The summed E-state index contributed by atoms with van der Waals surface area (Å²) in [5.41, 5.74) is 5.01. The van der Waals surface area contributed by atoms with Gasteiger partial charge in [-0.25, -0.2) is 14.8 Å². The fourth-order valence-corrected chi connectivity index (χ4v) is 2.08. The third-order valence-corrected chi connectivity index (χ3v) is 3.45. The number of benzene rings is 1. The number of halogens is 2. The molecular weight excluding hydrogens is 422 g/mol. The van der Waals surface area contributed by atoms with Crippen LogP contribution in [-0.2, 0) is 9.53 Å². The fourth-order valence-electron chi connectivity index (χ4n) is 1.64. The minimum Gasteiger partial charge on any atom is -0.451 e. The van der Waals surface area contributed by atoms with Gasteiger partial charge in [0, 0.05) is 12.1 Å². The maximum absolute atomic E-state index is 11.9. The lowest BCUT2D eigenvalue weighted by Gasteiger charge is -2.08. The van der Waals surface area contributed by atoms with Crippen LogP contribution >= 0.6 is 27.5 Å². The molecule has 25 heavy (non-hydrogen) atoms. The Morgan fingerprint density at radius 3 is 2.84 bits per heavy atom. The van der Waals surface area contributed by atoms with E-state index >= 15 is 0 Å². The SMILES string of the molecule is Nc1ncc(Br)nc1C(=O)OCC(=O)Nc1cc([N+](=O)[O-])ccc1Cl. The van der Waals surface area contributed by atoms with Gasteiger partial charge in [-0.15, -0.1) is 0 Å². The Bertz CT molecular complexity index is 863. The van der Waals surface area contributed by atoms with Gasteiger partial charge in [-0.1, -0.05) is 11.6 Å². The van der Waals surface area contributed by atoms with E-state index in [9.17, 15) is 19.7 Å². The summed E-state index contributed by atoms with van der Waals surface area (Å²) in [6.07, 6.45) is 1.29. The van der Waals surface area contributed by atoms with Crippen molar-refractivity contribution in [2.24, 2.45) is 0 Å². The Morgan fingerprint density at radius 1 is 1.44 bits per heavy atom. The van der Waals surface area contributed by atoms with Crippen LogP contribution in [0.1, 0.15) is 10.5 Å². The quantitative estimate of drug-likeness (QED) is 0.416. The summed E-state index contributed by atoms with van der Waals surface area (Å²) in [6.45, 7) is -0.675. The fraction of sp³-hybridized carbons (Fsp3) is 0.0769. The molecule has 10 nitrogen and oxygen atoms in total. The van der Waals surface area contributed by atoms with Crippen molar-refractivity contribution in [2.45, 2.75) is 0 Å². The molecule has 1 amide bonds. The van der Waals surface area contributed by atoms with Gasteiger partial charge in [-0.2, -0.15) is 0 Å². The van der Waals surface area contributed by atoms with E-state index in [0.29, 0.717) is 0 Å². The van der Waals surface area contributed by atoms with Gasteiger partial charge in [0.1, 0.15) is 4.60 Å². The highest BCUT2D eigenvalue weighted by molar-refractivity contribution is 9.10. The number of nitro groups is 1. The molecule has 0 atom stereocenters. The summed E-state index contributed by atoms with van der Waals surface area (Å²) >= 11 is 8.89. The zero-order valence-electron chi connectivity index (χ0n) is 12.2. The van der Waals surface area contributed by atoms with Crippen molar-refractivity contribution in [3.63, 3.8) is 0 Å². The van der Waals surface area contributed by atoms with Crippen LogP contribution in [0.4, 0.5) is 17.2 Å². The number of nitrogens with two attached hydrogens (primary N) is 1. The number of nitrogens with one attached hydrogen (secondary N) is 1. The largest absolute Gasteiger partial charge is 0.451 e. The molecule has 2 aromatic rings. The van der Waals surface area contributed by atoms with Gasteiger partial charge in [0.25, 0.3) is 11.6 Å². The molecule has 3 N–H and O–H groups in total.